The minimum atomic E-state index is 0.0905. The zero-order valence-corrected chi connectivity index (χ0v) is 12.9. The summed E-state index contributed by atoms with van der Waals surface area (Å²) in [5.74, 6) is 0.804. The summed E-state index contributed by atoms with van der Waals surface area (Å²) >= 11 is 5.88. The van der Waals surface area contributed by atoms with Crippen LogP contribution in [0.4, 0.5) is 0 Å². The fraction of sp³-hybridized carbons (Fsp3) is 0.533. The molecule has 6 heteroatoms. The summed E-state index contributed by atoms with van der Waals surface area (Å²) in [7, 11) is 1.79. The fourth-order valence-corrected chi connectivity index (χ4v) is 2.28. The molecule has 1 N–H and O–H groups in total. The molecule has 0 spiro atoms. The molecule has 0 bridgehead atoms. The van der Waals surface area contributed by atoms with E-state index in [0.717, 1.165) is 6.54 Å². The standard InChI is InChI=1S/C15H21ClN2O3/c1-18(15(19)10-13-11-20-7-5-17-13)6-8-21-14-4-2-3-12(16)9-14/h2-4,9,13,17H,5-8,10-11H2,1H3. The average Bonchev–Trinajstić information content (AvgIpc) is 2.48. The number of hydrogen-bond acceptors (Lipinski definition) is 4. The van der Waals surface area contributed by atoms with Crippen LogP contribution in [-0.2, 0) is 9.53 Å². The van der Waals surface area contributed by atoms with Gasteiger partial charge in [0.1, 0.15) is 12.4 Å². The van der Waals surface area contributed by atoms with Crippen molar-refractivity contribution in [1.82, 2.24) is 10.2 Å². The quantitative estimate of drug-likeness (QED) is 0.866. The number of halogens is 1. The first-order valence-corrected chi connectivity index (χ1v) is 7.46. The molecule has 1 fully saturated rings. The number of nitrogens with one attached hydrogen (secondary N) is 1. The summed E-state index contributed by atoms with van der Waals surface area (Å²) in [6.45, 7) is 3.10. The Balaban J connectivity index is 1.68. The van der Waals surface area contributed by atoms with Gasteiger partial charge in [0.15, 0.2) is 0 Å². The third-order valence-corrected chi connectivity index (χ3v) is 3.57. The van der Waals surface area contributed by atoms with E-state index in [1.54, 1.807) is 24.1 Å². The molecule has 1 amide bonds. The van der Waals surface area contributed by atoms with Gasteiger partial charge in [0.25, 0.3) is 0 Å². The minimum absolute atomic E-state index is 0.0905. The Morgan fingerprint density at radius 1 is 1.57 bits per heavy atom. The van der Waals surface area contributed by atoms with Crippen molar-refractivity contribution < 1.29 is 14.3 Å². The second-order valence-electron chi connectivity index (χ2n) is 5.05. The smallest absolute Gasteiger partial charge is 0.224 e. The Hall–Kier alpha value is -1.30. The molecule has 1 saturated heterocycles. The molecule has 5 nitrogen and oxygen atoms in total. The zero-order valence-electron chi connectivity index (χ0n) is 12.2. The van der Waals surface area contributed by atoms with Crippen LogP contribution < -0.4 is 10.1 Å². The van der Waals surface area contributed by atoms with Crippen LogP contribution in [0.15, 0.2) is 24.3 Å². The van der Waals surface area contributed by atoms with Gasteiger partial charge in [-0.15, -0.1) is 0 Å². The molecule has 0 aromatic heterocycles. The lowest BCUT2D eigenvalue weighted by Gasteiger charge is -2.25. The molecule has 0 radical (unpaired) electrons. The Kier molecular flexibility index (Phi) is 6.29. The van der Waals surface area contributed by atoms with E-state index >= 15 is 0 Å². The van der Waals surface area contributed by atoms with Crippen molar-refractivity contribution in [3.8, 4) is 5.75 Å². The van der Waals surface area contributed by atoms with Crippen LogP contribution in [0.2, 0.25) is 5.02 Å². The van der Waals surface area contributed by atoms with Crippen LogP contribution in [0.3, 0.4) is 0 Å². The summed E-state index contributed by atoms with van der Waals surface area (Å²) < 4.78 is 10.9. The second kappa shape index (κ2) is 8.22. The molecule has 1 atom stereocenters. The second-order valence-corrected chi connectivity index (χ2v) is 5.49. The fourth-order valence-electron chi connectivity index (χ4n) is 2.10. The first-order chi connectivity index (χ1) is 10.1. The molecule has 1 aliphatic rings. The van der Waals surface area contributed by atoms with E-state index < -0.39 is 0 Å². The summed E-state index contributed by atoms with van der Waals surface area (Å²) in [5, 5.41) is 3.91. The van der Waals surface area contributed by atoms with Crippen LogP contribution >= 0.6 is 11.6 Å². The van der Waals surface area contributed by atoms with Crippen molar-refractivity contribution in [2.75, 3.05) is 40.0 Å². The van der Waals surface area contributed by atoms with Crippen molar-refractivity contribution in [3.63, 3.8) is 0 Å². The number of ether oxygens (including phenoxy) is 2. The lowest BCUT2D eigenvalue weighted by molar-refractivity contribution is -0.131. The maximum atomic E-state index is 12.1. The lowest BCUT2D eigenvalue weighted by atomic mass is 10.2. The Morgan fingerprint density at radius 3 is 3.14 bits per heavy atom. The number of likely N-dealkylation sites (N-methyl/N-ethyl adjacent to an activating group) is 1. The number of hydrogen-bond donors (Lipinski definition) is 1. The molecule has 21 heavy (non-hydrogen) atoms. The molecular weight excluding hydrogens is 292 g/mol. The van der Waals surface area contributed by atoms with Crippen LogP contribution in [0, 0.1) is 0 Å². The third-order valence-electron chi connectivity index (χ3n) is 3.34. The van der Waals surface area contributed by atoms with Gasteiger partial charge in [-0.1, -0.05) is 17.7 Å². The summed E-state index contributed by atoms with van der Waals surface area (Å²) in [6.07, 6.45) is 0.452. The van der Waals surface area contributed by atoms with Crippen molar-refractivity contribution >= 4 is 17.5 Å². The molecule has 0 saturated carbocycles. The predicted octanol–water partition coefficient (Wildman–Crippen LogP) is 1.56. The number of carbonyl (C=O) groups is 1. The summed E-state index contributed by atoms with van der Waals surface area (Å²) in [5.41, 5.74) is 0. The van der Waals surface area contributed by atoms with Gasteiger partial charge < -0.3 is 19.7 Å². The predicted molar refractivity (Wildman–Crippen MR) is 81.8 cm³/mol. The van der Waals surface area contributed by atoms with Gasteiger partial charge >= 0.3 is 0 Å². The van der Waals surface area contributed by atoms with Gasteiger partial charge in [-0.25, -0.2) is 0 Å². The number of nitrogens with zero attached hydrogens (tertiary/aromatic N) is 1. The highest BCUT2D eigenvalue weighted by atomic mass is 35.5. The summed E-state index contributed by atoms with van der Waals surface area (Å²) in [4.78, 5) is 13.7. The van der Waals surface area contributed by atoms with E-state index in [1.807, 2.05) is 12.1 Å². The third kappa shape index (κ3) is 5.53. The van der Waals surface area contributed by atoms with Gasteiger partial charge in [0, 0.05) is 31.1 Å². The van der Waals surface area contributed by atoms with E-state index in [9.17, 15) is 4.79 Å². The first kappa shape index (κ1) is 16.1. The maximum absolute atomic E-state index is 12.1. The van der Waals surface area contributed by atoms with Gasteiger partial charge in [-0.05, 0) is 18.2 Å². The van der Waals surface area contributed by atoms with Crippen LogP contribution in [0.25, 0.3) is 0 Å². The first-order valence-electron chi connectivity index (χ1n) is 7.08. The molecule has 1 aromatic rings. The average molecular weight is 313 g/mol. The number of carbonyl (C=O) groups excluding carboxylic acids is 1. The molecule has 1 heterocycles. The molecule has 1 unspecified atom stereocenters. The molecule has 1 aromatic carbocycles. The highest BCUT2D eigenvalue weighted by molar-refractivity contribution is 6.30. The Morgan fingerprint density at radius 2 is 2.43 bits per heavy atom. The molecule has 116 valence electrons. The largest absolute Gasteiger partial charge is 0.492 e. The topological polar surface area (TPSA) is 50.8 Å². The SMILES string of the molecule is CN(CCOc1cccc(Cl)c1)C(=O)CC1COCCN1. The van der Waals surface area contributed by atoms with Crippen LogP contribution in [-0.4, -0.2) is 56.8 Å². The summed E-state index contributed by atoms with van der Waals surface area (Å²) in [6, 6.07) is 7.34. The van der Waals surface area contributed by atoms with E-state index in [-0.39, 0.29) is 11.9 Å². The maximum Gasteiger partial charge on any atom is 0.224 e. The lowest BCUT2D eigenvalue weighted by Crippen LogP contribution is -2.45. The normalized spacial score (nSPS) is 18.3. The van der Waals surface area contributed by atoms with Crippen molar-refractivity contribution in [3.05, 3.63) is 29.3 Å². The van der Waals surface area contributed by atoms with Crippen LogP contribution in [0.1, 0.15) is 6.42 Å². The van der Waals surface area contributed by atoms with Crippen LogP contribution in [0.5, 0.6) is 5.75 Å². The monoisotopic (exact) mass is 312 g/mol. The highest BCUT2D eigenvalue weighted by Gasteiger charge is 2.19. The Labute approximate surface area is 130 Å². The molecule has 0 aliphatic carbocycles. The van der Waals surface area contributed by atoms with Crippen molar-refractivity contribution in [1.29, 1.82) is 0 Å². The Bertz CT molecular complexity index is 464. The highest BCUT2D eigenvalue weighted by Crippen LogP contribution is 2.16. The van der Waals surface area contributed by atoms with E-state index in [0.29, 0.717) is 43.6 Å². The zero-order chi connectivity index (χ0) is 15.1. The minimum Gasteiger partial charge on any atom is -0.492 e. The van der Waals surface area contributed by atoms with Gasteiger partial charge in [0.05, 0.1) is 19.8 Å². The number of morpholine rings is 1. The van der Waals surface area contributed by atoms with E-state index in [1.165, 1.54) is 0 Å². The molecule has 2 rings (SSSR count). The van der Waals surface area contributed by atoms with Crippen molar-refractivity contribution in [2.24, 2.45) is 0 Å². The molecule has 1 aliphatic heterocycles. The number of rotatable bonds is 6. The van der Waals surface area contributed by atoms with Gasteiger partial charge in [-0.2, -0.15) is 0 Å². The number of benzene rings is 1. The van der Waals surface area contributed by atoms with Gasteiger partial charge in [0.2, 0.25) is 5.91 Å². The van der Waals surface area contributed by atoms with E-state index in [4.69, 9.17) is 21.1 Å². The van der Waals surface area contributed by atoms with E-state index in [2.05, 4.69) is 5.32 Å². The molecular formula is C15H21ClN2O3. The van der Waals surface area contributed by atoms with Gasteiger partial charge in [-0.3, -0.25) is 4.79 Å². The number of amides is 1. The van der Waals surface area contributed by atoms with Crippen molar-refractivity contribution in [2.45, 2.75) is 12.5 Å².